The Bertz CT molecular complexity index is 470. The predicted octanol–water partition coefficient (Wildman–Crippen LogP) is 4.10. The maximum atomic E-state index is 11.5. The van der Waals surface area contributed by atoms with Crippen molar-refractivity contribution < 1.29 is 4.79 Å². The van der Waals surface area contributed by atoms with Crippen LogP contribution in [0.3, 0.4) is 0 Å². The Morgan fingerprint density at radius 1 is 1.21 bits per heavy atom. The molecule has 0 radical (unpaired) electrons. The lowest BCUT2D eigenvalue weighted by molar-refractivity contribution is 0.101. The van der Waals surface area contributed by atoms with Gasteiger partial charge in [0, 0.05) is 22.5 Å². The molecule has 19 heavy (non-hydrogen) atoms. The second kappa shape index (κ2) is 5.24. The number of anilines is 2. The SMILES string of the molecule is CC(=O)c1cc(NC(C)(C)CC(C)(C)C)ccc1N. The third-order valence-corrected chi connectivity index (χ3v) is 2.89. The molecule has 0 aliphatic rings. The molecular weight excluding hydrogens is 236 g/mol. The molecule has 1 aromatic rings. The molecule has 0 unspecified atom stereocenters. The first-order valence-electron chi connectivity index (χ1n) is 6.69. The highest BCUT2D eigenvalue weighted by atomic mass is 16.1. The standard InChI is InChI=1S/C16H26N2O/c1-11(19)13-9-12(7-8-14(13)17)18-16(5,6)10-15(2,3)4/h7-9,18H,10,17H2,1-6H3. The van der Waals surface area contributed by atoms with E-state index in [-0.39, 0.29) is 16.7 Å². The topological polar surface area (TPSA) is 55.1 Å². The summed E-state index contributed by atoms with van der Waals surface area (Å²) in [5, 5.41) is 3.49. The van der Waals surface area contributed by atoms with Crippen LogP contribution in [0.2, 0.25) is 0 Å². The number of hydrogen-bond donors (Lipinski definition) is 2. The number of carbonyl (C=O) groups excluding carboxylic acids is 1. The molecule has 0 aromatic heterocycles. The molecule has 0 heterocycles. The average Bonchev–Trinajstić information content (AvgIpc) is 2.16. The van der Waals surface area contributed by atoms with Crippen LogP contribution in [0.1, 0.15) is 58.3 Å². The minimum Gasteiger partial charge on any atom is -0.398 e. The van der Waals surface area contributed by atoms with Gasteiger partial charge in [-0.1, -0.05) is 20.8 Å². The summed E-state index contributed by atoms with van der Waals surface area (Å²) in [6.07, 6.45) is 1.03. The summed E-state index contributed by atoms with van der Waals surface area (Å²) in [5.74, 6) is -0.00484. The van der Waals surface area contributed by atoms with E-state index in [9.17, 15) is 4.79 Å². The predicted molar refractivity (Wildman–Crippen MR) is 82.6 cm³/mol. The van der Waals surface area contributed by atoms with Crippen molar-refractivity contribution in [1.29, 1.82) is 0 Å². The quantitative estimate of drug-likeness (QED) is 0.634. The molecule has 106 valence electrons. The van der Waals surface area contributed by atoms with Gasteiger partial charge in [-0.15, -0.1) is 0 Å². The van der Waals surface area contributed by atoms with Crippen LogP contribution in [0.25, 0.3) is 0 Å². The van der Waals surface area contributed by atoms with Crippen molar-refractivity contribution in [2.45, 2.75) is 53.5 Å². The Morgan fingerprint density at radius 3 is 2.26 bits per heavy atom. The van der Waals surface area contributed by atoms with E-state index in [1.165, 1.54) is 6.92 Å². The van der Waals surface area contributed by atoms with Crippen LogP contribution in [0, 0.1) is 5.41 Å². The summed E-state index contributed by atoms with van der Waals surface area (Å²) in [6, 6.07) is 5.54. The van der Waals surface area contributed by atoms with Crippen LogP contribution in [-0.2, 0) is 0 Å². The minimum absolute atomic E-state index is 0.00484. The average molecular weight is 262 g/mol. The lowest BCUT2D eigenvalue weighted by Gasteiger charge is -2.34. The first-order chi connectivity index (χ1) is 8.50. The van der Waals surface area contributed by atoms with Gasteiger partial charge in [-0.3, -0.25) is 4.79 Å². The number of nitrogens with two attached hydrogens (primary N) is 1. The molecule has 1 aromatic carbocycles. The largest absolute Gasteiger partial charge is 0.398 e. The Labute approximate surface area is 116 Å². The Kier molecular flexibility index (Phi) is 4.28. The van der Waals surface area contributed by atoms with E-state index >= 15 is 0 Å². The van der Waals surface area contributed by atoms with Crippen LogP contribution in [0.5, 0.6) is 0 Å². The zero-order valence-electron chi connectivity index (χ0n) is 12.9. The summed E-state index contributed by atoms with van der Waals surface area (Å²) < 4.78 is 0. The molecule has 3 N–H and O–H groups in total. The van der Waals surface area contributed by atoms with Crippen molar-refractivity contribution in [2.75, 3.05) is 11.1 Å². The van der Waals surface area contributed by atoms with Gasteiger partial charge in [0.1, 0.15) is 0 Å². The number of carbonyl (C=O) groups is 1. The second-order valence-corrected chi connectivity index (χ2v) is 7.10. The Hall–Kier alpha value is -1.51. The van der Waals surface area contributed by atoms with Gasteiger partial charge >= 0.3 is 0 Å². The van der Waals surface area contributed by atoms with E-state index in [2.05, 4.69) is 39.9 Å². The van der Waals surface area contributed by atoms with Crippen molar-refractivity contribution in [1.82, 2.24) is 0 Å². The molecule has 3 nitrogen and oxygen atoms in total. The fourth-order valence-electron chi connectivity index (χ4n) is 2.70. The van der Waals surface area contributed by atoms with E-state index < -0.39 is 0 Å². The van der Waals surface area contributed by atoms with Gasteiger partial charge in [0.05, 0.1) is 0 Å². The van der Waals surface area contributed by atoms with E-state index in [1.54, 1.807) is 6.07 Å². The van der Waals surface area contributed by atoms with Crippen LogP contribution >= 0.6 is 0 Å². The van der Waals surface area contributed by atoms with Gasteiger partial charge in [0.15, 0.2) is 5.78 Å². The van der Waals surface area contributed by atoms with Gasteiger partial charge in [-0.2, -0.15) is 0 Å². The highest BCUT2D eigenvalue weighted by Gasteiger charge is 2.25. The van der Waals surface area contributed by atoms with Gasteiger partial charge in [-0.05, 0) is 50.8 Å². The Balaban J connectivity index is 2.94. The summed E-state index contributed by atoms with van der Waals surface area (Å²) in [6.45, 7) is 12.5. The number of hydrogen-bond acceptors (Lipinski definition) is 3. The molecule has 0 fully saturated rings. The number of rotatable bonds is 4. The van der Waals surface area contributed by atoms with Crippen molar-refractivity contribution in [3.8, 4) is 0 Å². The molecule has 0 saturated heterocycles. The number of benzene rings is 1. The third kappa shape index (κ3) is 4.93. The molecule has 0 aliphatic heterocycles. The van der Waals surface area contributed by atoms with Gasteiger partial charge in [0.25, 0.3) is 0 Å². The van der Waals surface area contributed by atoms with Crippen molar-refractivity contribution in [3.63, 3.8) is 0 Å². The normalized spacial score (nSPS) is 12.3. The maximum Gasteiger partial charge on any atom is 0.161 e. The molecule has 0 atom stereocenters. The molecule has 0 spiro atoms. The summed E-state index contributed by atoms with van der Waals surface area (Å²) >= 11 is 0. The lowest BCUT2D eigenvalue weighted by Crippen LogP contribution is -2.35. The van der Waals surface area contributed by atoms with Crippen molar-refractivity contribution in [2.24, 2.45) is 5.41 Å². The molecule has 0 bridgehead atoms. The van der Waals surface area contributed by atoms with Crippen LogP contribution in [-0.4, -0.2) is 11.3 Å². The van der Waals surface area contributed by atoms with Gasteiger partial charge in [-0.25, -0.2) is 0 Å². The molecule has 0 aliphatic carbocycles. The van der Waals surface area contributed by atoms with Gasteiger partial charge in [0.2, 0.25) is 0 Å². The number of nitrogens with one attached hydrogen (secondary N) is 1. The Morgan fingerprint density at radius 2 is 1.79 bits per heavy atom. The molecule has 3 heteroatoms. The van der Waals surface area contributed by atoms with Gasteiger partial charge < -0.3 is 11.1 Å². The van der Waals surface area contributed by atoms with Crippen molar-refractivity contribution in [3.05, 3.63) is 23.8 Å². The smallest absolute Gasteiger partial charge is 0.161 e. The summed E-state index contributed by atoms with van der Waals surface area (Å²) in [4.78, 5) is 11.5. The maximum absolute atomic E-state index is 11.5. The second-order valence-electron chi connectivity index (χ2n) is 7.10. The zero-order valence-corrected chi connectivity index (χ0v) is 12.9. The number of nitrogen functional groups attached to an aromatic ring is 1. The van der Waals surface area contributed by atoms with E-state index in [4.69, 9.17) is 5.73 Å². The molecule has 1 rings (SSSR count). The highest BCUT2D eigenvalue weighted by Crippen LogP contribution is 2.30. The number of ketones is 1. The third-order valence-electron chi connectivity index (χ3n) is 2.89. The number of Topliss-reactive ketones (excluding diaryl/α,β-unsaturated/α-hetero) is 1. The summed E-state index contributed by atoms with van der Waals surface area (Å²) in [7, 11) is 0. The minimum atomic E-state index is -0.0393. The monoisotopic (exact) mass is 262 g/mol. The molecule has 0 saturated carbocycles. The lowest BCUT2D eigenvalue weighted by atomic mass is 9.81. The van der Waals surface area contributed by atoms with Crippen molar-refractivity contribution >= 4 is 17.2 Å². The van der Waals surface area contributed by atoms with E-state index in [1.807, 2.05) is 12.1 Å². The first kappa shape index (κ1) is 15.5. The van der Waals surface area contributed by atoms with Crippen LogP contribution in [0.15, 0.2) is 18.2 Å². The molecular formula is C16H26N2O. The fraction of sp³-hybridized carbons (Fsp3) is 0.562. The fourth-order valence-corrected chi connectivity index (χ4v) is 2.70. The first-order valence-corrected chi connectivity index (χ1v) is 6.69. The zero-order chi connectivity index (χ0) is 14.8. The van der Waals surface area contributed by atoms with E-state index in [0.29, 0.717) is 11.3 Å². The highest BCUT2D eigenvalue weighted by molar-refractivity contribution is 6.00. The van der Waals surface area contributed by atoms with Crippen LogP contribution in [0.4, 0.5) is 11.4 Å². The van der Waals surface area contributed by atoms with E-state index in [0.717, 1.165) is 12.1 Å². The van der Waals surface area contributed by atoms with Crippen LogP contribution < -0.4 is 11.1 Å². The molecule has 0 amide bonds. The summed E-state index contributed by atoms with van der Waals surface area (Å²) in [5.41, 5.74) is 8.06.